The summed E-state index contributed by atoms with van der Waals surface area (Å²) in [6.45, 7) is 14.6. The van der Waals surface area contributed by atoms with Gasteiger partial charge in [-0.05, 0) is 109 Å². The largest absolute Gasteiger partial charge is 0.748 e. The Morgan fingerprint density at radius 3 is 2.04 bits per heavy atom. The van der Waals surface area contributed by atoms with E-state index in [1.54, 1.807) is 0 Å². The Hall–Kier alpha value is -4.64. The Morgan fingerprint density at radius 1 is 0.811 bits per heavy atom. The van der Waals surface area contributed by atoms with Crippen LogP contribution in [0, 0.1) is 0 Å². The Balaban J connectivity index is 0.00000114. The topological polar surface area (TPSA) is 115 Å². The molecule has 0 spiro atoms. The first-order valence-corrected chi connectivity index (χ1v) is 20.6. The number of rotatable bonds is 7. The average Bonchev–Trinajstić information content (AvgIpc) is 3.47. The van der Waals surface area contributed by atoms with Gasteiger partial charge in [0.25, 0.3) is 0 Å². The van der Waals surface area contributed by atoms with Gasteiger partial charge in [0.1, 0.15) is 10.1 Å². The van der Waals surface area contributed by atoms with Crippen molar-refractivity contribution in [1.82, 2.24) is 0 Å². The molecule has 4 aromatic rings. The summed E-state index contributed by atoms with van der Waals surface area (Å²) >= 11 is 0. The Bertz CT molecular complexity index is 2520. The Labute approximate surface area is 314 Å². The molecular formula is C43H46N2O6S2. The molecule has 10 heteroatoms. The molecule has 0 saturated carbocycles. The van der Waals surface area contributed by atoms with Crippen LogP contribution in [0.25, 0.3) is 21.5 Å². The molecule has 0 radical (unpaired) electrons. The highest BCUT2D eigenvalue weighted by Crippen LogP contribution is 2.51. The second-order valence-corrected chi connectivity index (χ2v) is 16.9. The molecule has 0 N–H and O–H groups in total. The fourth-order valence-electron chi connectivity index (χ4n) is 8.68. The van der Waals surface area contributed by atoms with E-state index >= 15 is 0 Å². The van der Waals surface area contributed by atoms with Crippen LogP contribution in [0.15, 0.2) is 120 Å². The molecule has 0 unspecified atom stereocenters. The number of hydrogen-bond donors (Lipinski definition) is 0. The molecule has 276 valence electrons. The van der Waals surface area contributed by atoms with E-state index in [9.17, 15) is 13.0 Å². The van der Waals surface area contributed by atoms with Gasteiger partial charge in [0.05, 0.1) is 11.2 Å². The van der Waals surface area contributed by atoms with Crippen molar-refractivity contribution in [1.29, 1.82) is 0 Å². The van der Waals surface area contributed by atoms with Crippen LogP contribution in [-0.4, -0.2) is 54.7 Å². The summed E-state index contributed by atoms with van der Waals surface area (Å²) in [5.41, 5.74) is 10.6. The lowest BCUT2D eigenvalue weighted by Crippen LogP contribution is -2.29. The van der Waals surface area contributed by atoms with Gasteiger partial charge in [-0.2, -0.15) is 4.58 Å². The predicted octanol–water partition coefficient (Wildman–Crippen LogP) is 8.59. The molecule has 2 aliphatic heterocycles. The van der Waals surface area contributed by atoms with Crippen molar-refractivity contribution in [3.63, 3.8) is 0 Å². The highest BCUT2D eigenvalue weighted by atomic mass is 32.2. The molecule has 1 aliphatic carbocycles. The summed E-state index contributed by atoms with van der Waals surface area (Å²) in [7, 11) is -7.49. The van der Waals surface area contributed by atoms with Crippen molar-refractivity contribution in [3.05, 3.63) is 131 Å². The monoisotopic (exact) mass is 750 g/mol. The number of likely N-dealkylation sites (N-methyl/N-ethyl adjacent to an activating group) is 1. The van der Waals surface area contributed by atoms with Gasteiger partial charge in [-0.25, -0.2) is 8.42 Å². The van der Waals surface area contributed by atoms with Crippen LogP contribution in [-0.2, 0) is 31.6 Å². The number of anilines is 1. The van der Waals surface area contributed by atoms with Gasteiger partial charge >= 0.3 is 10.6 Å². The van der Waals surface area contributed by atoms with Gasteiger partial charge in [-0.15, -0.1) is 12.6 Å². The lowest BCUT2D eigenvalue weighted by atomic mass is 9.78. The lowest BCUT2D eigenvalue weighted by Gasteiger charge is -2.26. The minimum atomic E-state index is -4.38. The molecule has 0 bridgehead atoms. The highest BCUT2D eigenvalue weighted by Gasteiger charge is 2.45. The second kappa shape index (κ2) is 14.6. The average molecular weight is 751 g/mol. The van der Waals surface area contributed by atoms with E-state index in [0.29, 0.717) is 0 Å². The molecule has 0 aromatic heterocycles. The zero-order valence-corrected chi connectivity index (χ0v) is 32.8. The van der Waals surface area contributed by atoms with E-state index in [0.717, 1.165) is 48.0 Å². The molecule has 7 rings (SSSR count). The first-order valence-electron chi connectivity index (χ1n) is 18.0. The van der Waals surface area contributed by atoms with E-state index in [-0.39, 0.29) is 17.4 Å². The van der Waals surface area contributed by atoms with Gasteiger partial charge in [-0.3, -0.25) is 0 Å². The number of nitrogens with zero attached hydrogens (tertiary/aromatic N) is 2. The van der Waals surface area contributed by atoms with Gasteiger partial charge in [0, 0.05) is 41.1 Å². The standard InChI is InChI=1S/C43H46N2O3S.O3S/c1-7-44-36-23-19-32-13-8-10-17-34(32)40(36)42(3,4)38(44)25-21-30-15-12-16-31(29(30)2)22-26-39-43(5,6)41-35-18-11-9-14-33(35)20-24-37(41)45(39)27-28-49(46,47)48;1-4(2)3/h8-11,13-14,17-26H,7,12,15-16,27-28H2,1-6H3;. The van der Waals surface area contributed by atoms with Crippen molar-refractivity contribution in [3.8, 4) is 0 Å². The van der Waals surface area contributed by atoms with Crippen LogP contribution in [0.2, 0.25) is 0 Å². The molecule has 0 atom stereocenters. The van der Waals surface area contributed by atoms with Gasteiger partial charge < -0.3 is 9.45 Å². The van der Waals surface area contributed by atoms with E-state index < -0.39 is 26.5 Å². The summed E-state index contributed by atoms with van der Waals surface area (Å²) in [5.74, 6) is -0.444. The minimum absolute atomic E-state index is 0.123. The SMILES string of the molecule is CCN1/C(=C/C=C2CCCC(/C=C/C3=[N+](CCS(=O)(=O)[O-])c4ccc5ccccc5c4C3(C)C)=C2C)C(C)(C)c2c1ccc1ccccc21.O=S(=O)=O. The number of fused-ring (bicyclic) bond motifs is 6. The van der Waals surface area contributed by atoms with Crippen molar-refractivity contribution in [2.24, 2.45) is 0 Å². The number of benzene rings is 4. The van der Waals surface area contributed by atoms with Gasteiger partial charge in [-0.1, -0.05) is 80.6 Å². The van der Waals surface area contributed by atoms with Crippen molar-refractivity contribution < 1.29 is 30.2 Å². The van der Waals surface area contributed by atoms with Crippen LogP contribution >= 0.6 is 0 Å². The molecule has 0 fully saturated rings. The van der Waals surface area contributed by atoms with Crippen molar-refractivity contribution in [2.75, 3.05) is 23.7 Å². The highest BCUT2D eigenvalue weighted by molar-refractivity contribution is 7.85. The smallest absolute Gasteiger partial charge is 0.425 e. The van der Waals surface area contributed by atoms with Crippen molar-refractivity contribution >= 4 is 59.4 Å². The number of hydrogen-bond acceptors (Lipinski definition) is 7. The zero-order valence-electron chi connectivity index (χ0n) is 31.1. The molecule has 0 saturated heterocycles. The van der Waals surface area contributed by atoms with Crippen molar-refractivity contribution in [2.45, 2.75) is 71.6 Å². The molecule has 8 nitrogen and oxygen atoms in total. The maximum absolute atomic E-state index is 11.8. The fraction of sp³-hybridized carbons (Fsp3) is 0.326. The first kappa shape index (κ1) is 38.1. The van der Waals surface area contributed by atoms with Crippen LogP contribution in [0.3, 0.4) is 0 Å². The third-order valence-electron chi connectivity index (χ3n) is 11.1. The molecule has 2 heterocycles. The van der Waals surface area contributed by atoms with Crippen LogP contribution < -0.4 is 4.90 Å². The van der Waals surface area contributed by atoms with E-state index in [1.807, 2.05) is 12.1 Å². The summed E-state index contributed by atoms with van der Waals surface area (Å²) in [4.78, 5) is 2.47. The molecule has 0 amide bonds. The Kier molecular flexibility index (Phi) is 10.5. The lowest BCUT2D eigenvalue weighted by molar-refractivity contribution is -0.432. The summed E-state index contributed by atoms with van der Waals surface area (Å²) in [5, 5.41) is 4.90. The minimum Gasteiger partial charge on any atom is -0.748 e. The van der Waals surface area contributed by atoms with Gasteiger partial charge in [0.2, 0.25) is 5.69 Å². The zero-order chi connectivity index (χ0) is 38.3. The first-order chi connectivity index (χ1) is 25.1. The van der Waals surface area contributed by atoms with Gasteiger partial charge in [0.15, 0.2) is 12.3 Å². The van der Waals surface area contributed by atoms with E-state index in [1.165, 1.54) is 50.0 Å². The normalized spacial score (nSPS) is 19.3. The molecule has 4 aromatic carbocycles. The van der Waals surface area contributed by atoms with Crippen LogP contribution in [0.4, 0.5) is 11.4 Å². The summed E-state index contributed by atoms with van der Waals surface area (Å²) in [6.07, 6.45) is 12.2. The summed E-state index contributed by atoms with van der Waals surface area (Å²) < 4.78 is 62.8. The maximum atomic E-state index is 11.8. The van der Waals surface area contributed by atoms with E-state index in [4.69, 9.17) is 12.6 Å². The fourth-order valence-corrected chi connectivity index (χ4v) is 9.09. The molecule has 53 heavy (non-hydrogen) atoms. The second-order valence-electron chi connectivity index (χ2n) is 14.9. The third-order valence-corrected chi connectivity index (χ3v) is 11.8. The van der Waals surface area contributed by atoms with E-state index in [2.05, 4.69) is 136 Å². The predicted molar refractivity (Wildman–Crippen MR) is 213 cm³/mol. The molecule has 3 aliphatic rings. The van der Waals surface area contributed by atoms with Crippen LogP contribution in [0.1, 0.15) is 71.9 Å². The number of allylic oxidation sites excluding steroid dienone is 8. The Morgan fingerprint density at radius 2 is 1.42 bits per heavy atom. The third kappa shape index (κ3) is 7.32. The maximum Gasteiger partial charge on any atom is 0.425 e. The summed E-state index contributed by atoms with van der Waals surface area (Å²) in [6, 6.07) is 25.7. The van der Waals surface area contributed by atoms with Crippen LogP contribution in [0.5, 0.6) is 0 Å². The quantitative estimate of drug-likeness (QED) is 0.137. The molecular weight excluding hydrogens is 705 g/mol.